The molecule has 0 radical (unpaired) electrons. The van der Waals surface area contributed by atoms with Crippen LogP contribution >= 0.6 is 12.4 Å². The maximum atomic E-state index is 13.3. The monoisotopic (exact) mass is 417 g/mol. The summed E-state index contributed by atoms with van der Waals surface area (Å²) < 4.78 is 11.5. The second kappa shape index (κ2) is 8.84. The van der Waals surface area contributed by atoms with E-state index in [1.165, 1.54) is 0 Å². The van der Waals surface area contributed by atoms with Gasteiger partial charge in [-0.1, -0.05) is 60.7 Å². The van der Waals surface area contributed by atoms with Crippen LogP contribution < -0.4 is 0 Å². The van der Waals surface area contributed by atoms with Crippen molar-refractivity contribution >= 4 is 18.4 Å². The lowest BCUT2D eigenvalue weighted by Gasteiger charge is -2.38. The number of benzene rings is 2. The van der Waals surface area contributed by atoms with E-state index in [0.29, 0.717) is 17.2 Å². The minimum Gasteiger partial charge on any atom is -0.460 e. The van der Waals surface area contributed by atoms with Gasteiger partial charge in [0.1, 0.15) is 6.10 Å². The van der Waals surface area contributed by atoms with Crippen molar-refractivity contribution in [3.8, 4) is 0 Å². The summed E-state index contributed by atoms with van der Waals surface area (Å²) in [5.41, 5.74) is -0.806. The zero-order chi connectivity index (χ0) is 19.7. The molecular weight excluding hydrogens is 390 g/mol. The number of nitrogens with zero attached hydrogens (tertiary/aromatic N) is 1. The van der Waals surface area contributed by atoms with Crippen molar-refractivity contribution in [2.45, 2.75) is 49.2 Å². The van der Waals surface area contributed by atoms with E-state index < -0.39 is 11.6 Å². The summed E-state index contributed by atoms with van der Waals surface area (Å²) in [6.45, 7) is 0. The second-order valence-electron chi connectivity index (χ2n) is 7.84. The minimum absolute atomic E-state index is 0. The highest BCUT2D eigenvalue weighted by Gasteiger charge is 2.48. The molecule has 2 aromatic carbocycles. The van der Waals surface area contributed by atoms with Crippen molar-refractivity contribution in [1.82, 2.24) is 4.90 Å². The normalized spacial score (nSPS) is 26.6. The molecule has 0 aromatic heterocycles. The summed E-state index contributed by atoms with van der Waals surface area (Å²) in [6, 6.07) is 18.6. The second-order valence-corrected chi connectivity index (χ2v) is 7.84. The number of methoxy groups -OCH3 is 1. The number of carbonyl (C=O) groups is 1. The third-order valence-electron chi connectivity index (χ3n) is 6.33. The molecular formula is C23H28ClNO4. The molecule has 5 nitrogen and oxygen atoms in total. The quantitative estimate of drug-likeness (QED) is 0.757. The third kappa shape index (κ3) is 3.92. The number of likely N-dealkylation sites (N-methyl/N-ethyl adjacent to an activating group) is 1. The van der Waals surface area contributed by atoms with Gasteiger partial charge in [0.2, 0.25) is 5.60 Å². The fraction of sp³-hybridized carbons (Fsp3) is 0.435. The van der Waals surface area contributed by atoms with Crippen molar-refractivity contribution in [2.75, 3.05) is 14.2 Å². The van der Waals surface area contributed by atoms with Gasteiger partial charge in [-0.15, -0.1) is 12.4 Å². The highest BCUT2D eigenvalue weighted by atomic mass is 35.5. The molecule has 0 amide bonds. The van der Waals surface area contributed by atoms with Gasteiger partial charge >= 0.3 is 5.97 Å². The molecule has 2 saturated heterocycles. The van der Waals surface area contributed by atoms with E-state index in [1.54, 1.807) is 31.4 Å². The van der Waals surface area contributed by atoms with Gasteiger partial charge in [0.25, 0.3) is 0 Å². The number of piperidine rings is 1. The average molecular weight is 418 g/mol. The number of halogens is 1. The van der Waals surface area contributed by atoms with Gasteiger partial charge < -0.3 is 14.6 Å². The molecule has 0 unspecified atom stereocenters. The van der Waals surface area contributed by atoms with E-state index in [9.17, 15) is 9.90 Å². The zero-order valence-corrected chi connectivity index (χ0v) is 17.5. The van der Waals surface area contributed by atoms with Crippen molar-refractivity contribution < 1.29 is 19.4 Å². The van der Waals surface area contributed by atoms with Gasteiger partial charge in [-0.2, -0.15) is 0 Å². The standard InChI is InChI=1S/C23H27NO4.ClH/c1-24-18-13-19(15-20(24)21(14-18)27-2)28-22(25)23(26,16-9-5-3-6-10-16)17-11-7-4-8-12-17;/h3-12,18-21,26H,13-15H2,1-2H3;1H/t18-,19-,20+,21-;/m1./s1. The fourth-order valence-corrected chi connectivity index (χ4v) is 4.72. The van der Waals surface area contributed by atoms with Crippen LogP contribution in [0.15, 0.2) is 60.7 Å². The summed E-state index contributed by atoms with van der Waals surface area (Å²) in [5, 5.41) is 11.5. The van der Waals surface area contributed by atoms with Crippen molar-refractivity contribution in [3.63, 3.8) is 0 Å². The van der Waals surface area contributed by atoms with Crippen LogP contribution in [0.2, 0.25) is 0 Å². The number of esters is 1. The molecule has 2 bridgehead atoms. The Morgan fingerprint density at radius 2 is 1.55 bits per heavy atom. The Morgan fingerprint density at radius 1 is 1.00 bits per heavy atom. The first-order chi connectivity index (χ1) is 13.5. The number of rotatable bonds is 5. The summed E-state index contributed by atoms with van der Waals surface area (Å²) in [4.78, 5) is 15.6. The Labute approximate surface area is 178 Å². The molecule has 2 heterocycles. The number of ether oxygens (including phenoxy) is 2. The first-order valence-electron chi connectivity index (χ1n) is 9.83. The summed E-state index contributed by atoms with van der Waals surface area (Å²) in [7, 11) is 3.85. The smallest absolute Gasteiger partial charge is 0.347 e. The van der Waals surface area contributed by atoms with Crippen LogP contribution in [0.3, 0.4) is 0 Å². The van der Waals surface area contributed by atoms with E-state index in [4.69, 9.17) is 9.47 Å². The Morgan fingerprint density at radius 3 is 2.07 bits per heavy atom. The molecule has 2 aromatic rings. The van der Waals surface area contributed by atoms with E-state index in [0.717, 1.165) is 19.3 Å². The molecule has 0 saturated carbocycles. The van der Waals surface area contributed by atoms with E-state index >= 15 is 0 Å². The highest BCUT2D eigenvalue weighted by Crippen LogP contribution is 2.39. The Hall–Kier alpha value is -1.92. The summed E-state index contributed by atoms with van der Waals surface area (Å²) in [6.07, 6.45) is 2.38. The van der Waals surface area contributed by atoms with Crippen LogP contribution in [0.25, 0.3) is 0 Å². The lowest BCUT2D eigenvalue weighted by molar-refractivity contribution is -0.171. The average Bonchev–Trinajstić information content (AvgIpc) is 2.91. The molecule has 4 atom stereocenters. The van der Waals surface area contributed by atoms with Crippen molar-refractivity contribution in [3.05, 3.63) is 71.8 Å². The van der Waals surface area contributed by atoms with Gasteiger partial charge in [-0.05, 0) is 24.6 Å². The van der Waals surface area contributed by atoms with E-state index in [2.05, 4.69) is 11.9 Å². The molecule has 156 valence electrons. The topological polar surface area (TPSA) is 59.0 Å². The molecule has 6 heteroatoms. The minimum atomic E-state index is -1.83. The fourth-order valence-electron chi connectivity index (χ4n) is 4.72. The van der Waals surface area contributed by atoms with Crippen LogP contribution in [-0.4, -0.2) is 54.4 Å². The van der Waals surface area contributed by atoms with Crippen LogP contribution in [-0.2, 0) is 19.9 Å². The molecule has 2 aliphatic rings. The lowest BCUT2D eigenvalue weighted by Crippen LogP contribution is -2.48. The Kier molecular flexibility index (Phi) is 6.64. The van der Waals surface area contributed by atoms with Crippen LogP contribution in [0.1, 0.15) is 30.4 Å². The highest BCUT2D eigenvalue weighted by molar-refractivity contribution is 5.86. The lowest BCUT2D eigenvalue weighted by atomic mass is 9.86. The largest absolute Gasteiger partial charge is 0.460 e. The number of hydrogen-bond acceptors (Lipinski definition) is 5. The van der Waals surface area contributed by atoms with Crippen LogP contribution in [0.5, 0.6) is 0 Å². The predicted molar refractivity (Wildman–Crippen MR) is 113 cm³/mol. The molecule has 0 spiro atoms. The van der Waals surface area contributed by atoms with Crippen LogP contribution in [0, 0.1) is 0 Å². The van der Waals surface area contributed by atoms with E-state index in [-0.39, 0.29) is 30.7 Å². The van der Waals surface area contributed by atoms with Gasteiger partial charge in [0, 0.05) is 32.0 Å². The number of carbonyl (C=O) groups excluding carboxylic acids is 1. The Bertz CT molecular complexity index is 777. The van der Waals surface area contributed by atoms with Gasteiger partial charge in [-0.25, -0.2) is 4.79 Å². The molecule has 2 fully saturated rings. The number of aliphatic hydroxyl groups is 1. The molecule has 29 heavy (non-hydrogen) atoms. The van der Waals surface area contributed by atoms with Crippen molar-refractivity contribution in [1.29, 1.82) is 0 Å². The molecule has 2 aliphatic heterocycles. The molecule has 1 N–H and O–H groups in total. The Balaban J connectivity index is 0.00000240. The van der Waals surface area contributed by atoms with Gasteiger partial charge in [0.15, 0.2) is 0 Å². The van der Waals surface area contributed by atoms with Crippen LogP contribution in [0.4, 0.5) is 0 Å². The van der Waals surface area contributed by atoms with Gasteiger partial charge in [0.05, 0.1) is 6.10 Å². The van der Waals surface area contributed by atoms with E-state index in [1.807, 2.05) is 36.4 Å². The molecule has 0 aliphatic carbocycles. The maximum absolute atomic E-state index is 13.3. The number of fused-ring (bicyclic) bond motifs is 2. The summed E-state index contributed by atoms with van der Waals surface area (Å²) >= 11 is 0. The molecule has 4 rings (SSSR count). The SMILES string of the molecule is CO[C@@H]1C[C@H]2C[C@@H](OC(=O)C(O)(c3ccccc3)c3ccccc3)C[C@@H]1N2C.Cl. The maximum Gasteiger partial charge on any atom is 0.347 e. The zero-order valence-electron chi connectivity index (χ0n) is 16.7. The summed E-state index contributed by atoms with van der Waals surface area (Å²) in [5.74, 6) is -0.618. The third-order valence-corrected chi connectivity index (χ3v) is 6.33. The number of hydrogen-bond donors (Lipinski definition) is 1. The van der Waals surface area contributed by atoms with Gasteiger partial charge in [-0.3, -0.25) is 4.90 Å². The first-order valence-corrected chi connectivity index (χ1v) is 9.83. The predicted octanol–water partition coefficient (Wildman–Crippen LogP) is 3.14. The van der Waals surface area contributed by atoms with Crippen molar-refractivity contribution in [2.24, 2.45) is 0 Å². The first kappa shape index (κ1) is 21.8.